The van der Waals surface area contributed by atoms with E-state index in [1.165, 1.54) is 0 Å². The van der Waals surface area contributed by atoms with Gasteiger partial charge in [-0.3, -0.25) is 4.79 Å². The Hall–Kier alpha value is -0.690. The van der Waals surface area contributed by atoms with E-state index < -0.39 is 0 Å². The van der Waals surface area contributed by atoms with Gasteiger partial charge < -0.3 is 24.3 Å². The zero-order valence-electron chi connectivity index (χ0n) is 13.7. The van der Waals surface area contributed by atoms with Crippen LogP contribution >= 0.6 is 0 Å². The van der Waals surface area contributed by atoms with Gasteiger partial charge in [-0.2, -0.15) is 0 Å². The second kappa shape index (κ2) is 15.7. The summed E-state index contributed by atoms with van der Waals surface area (Å²) >= 11 is 0. The first-order chi connectivity index (χ1) is 10.2. The second-order valence-corrected chi connectivity index (χ2v) is 4.86. The predicted octanol–water partition coefficient (Wildman–Crippen LogP) is 1.38. The van der Waals surface area contributed by atoms with E-state index in [1.807, 2.05) is 20.8 Å². The quantitative estimate of drug-likeness (QED) is 0.463. The van der Waals surface area contributed by atoms with Gasteiger partial charge in [-0.1, -0.05) is 6.92 Å². The van der Waals surface area contributed by atoms with Crippen molar-refractivity contribution in [2.24, 2.45) is 0 Å². The topological polar surface area (TPSA) is 66.0 Å². The van der Waals surface area contributed by atoms with Crippen LogP contribution in [0.5, 0.6) is 0 Å². The zero-order valence-corrected chi connectivity index (χ0v) is 13.7. The third-order valence-electron chi connectivity index (χ3n) is 2.47. The Balaban J connectivity index is 3.04. The molecule has 0 heterocycles. The highest BCUT2D eigenvalue weighted by Crippen LogP contribution is 1.88. The van der Waals surface area contributed by atoms with Crippen LogP contribution in [0.3, 0.4) is 0 Å². The number of ether oxygens (including phenoxy) is 4. The van der Waals surface area contributed by atoms with Crippen LogP contribution in [0.2, 0.25) is 0 Å². The monoisotopic (exact) mass is 305 g/mol. The number of carbonyl (C=O) groups is 1. The van der Waals surface area contributed by atoms with Gasteiger partial charge in [0.2, 0.25) is 5.91 Å². The fourth-order valence-electron chi connectivity index (χ4n) is 1.46. The van der Waals surface area contributed by atoms with E-state index in [-0.39, 0.29) is 12.0 Å². The first-order valence-electron chi connectivity index (χ1n) is 7.78. The van der Waals surface area contributed by atoms with Crippen LogP contribution in [0.15, 0.2) is 0 Å². The summed E-state index contributed by atoms with van der Waals surface area (Å²) in [7, 11) is 0. The Morgan fingerprint density at radius 2 is 1.43 bits per heavy atom. The summed E-state index contributed by atoms with van der Waals surface area (Å²) in [5.41, 5.74) is 0. The molecule has 0 spiro atoms. The van der Waals surface area contributed by atoms with Crippen LogP contribution in [-0.4, -0.2) is 64.8 Å². The van der Waals surface area contributed by atoms with Crippen LogP contribution < -0.4 is 5.32 Å². The third-order valence-corrected chi connectivity index (χ3v) is 2.47. The molecule has 0 aromatic heterocycles. The van der Waals surface area contributed by atoms with Crippen molar-refractivity contribution >= 4 is 5.91 Å². The van der Waals surface area contributed by atoms with E-state index >= 15 is 0 Å². The molecule has 0 bridgehead atoms. The standard InChI is InChI=1S/C15H31NO5/c1-4-5-15(17)16-6-7-18-8-9-19-10-11-20-12-13-21-14(2)3/h14H,4-13H2,1-3H3,(H,16,17). The summed E-state index contributed by atoms with van der Waals surface area (Å²) in [5, 5.41) is 2.79. The van der Waals surface area contributed by atoms with Gasteiger partial charge in [0.25, 0.3) is 0 Å². The molecule has 0 saturated carbocycles. The Bertz CT molecular complexity index is 236. The molecule has 0 aliphatic rings. The molecule has 0 aliphatic carbocycles. The third kappa shape index (κ3) is 17.3. The van der Waals surface area contributed by atoms with Gasteiger partial charge in [-0.05, 0) is 20.3 Å². The van der Waals surface area contributed by atoms with Gasteiger partial charge in [0, 0.05) is 13.0 Å². The normalized spacial score (nSPS) is 11.0. The Morgan fingerprint density at radius 1 is 0.905 bits per heavy atom. The summed E-state index contributed by atoms with van der Waals surface area (Å²) in [4.78, 5) is 11.1. The molecule has 6 heteroatoms. The SMILES string of the molecule is CCCC(=O)NCCOCCOCCOCCOC(C)C. The van der Waals surface area contributed by atoms with Crippen LogP contribution in [0.4, 0.5) is 0 Å². The summed E-state index contributed by atoms with van der Waals surface area (Å²) in [6.07, 6.45) is 1.69. The molecule has 0 saturated heterocycles. The van der Waals surface area contributed by atoms with Crippen molar-refractivity contribution < 1.29 is 23.7 Å². The van der Waals surface area contributed by atoms with Crippen LogP contribution in [0.1, 0.15) is 33.6 Å². The highest BCUT2D eigenvalue weighted by molar-refractivity contribution is 5.75. The molecule has 1 amide bonds. The number of hydrogen-bond acceptors (Lipinski definition) is 5. The minimum atomic E-state index is 0.0796. The Morgan fingerprint density at radius 3 is 1.95 bits per heavy atom. The molecule has 0 fully saturated rings. The molecule has 0 rings (SSSR count). The molecule has 0 atom stereocenters. The lowest BCUT2D eigenvalue weighted by Gasteiger charge is -2.09. The van der Waals surface area contributed by atoms with Crippen molar-refractivity contribution in [2.45, 2.75) is 39.7 Å². The lowest BCUT2D eigenvalue weighted by atomic mass is 10.3. The fourth-order valence-corrected chi connectivity index (χ4v) is 1.46. The molecule has 0 radical (unpaired) electrons. The molecule has 0 unspecified atom stereocenters. The molecule has 0 aromatic rings. The lowest BCUT2D eigenvalue weighted by molar-refractivity contribution is -0.121. The van der Waals surface area contributed by atoms with Gasteiger partial charge in [0.05, 0.1) is 52.4 Å². The largest absolute Gasteiger partial charge is 0.377 e. The predicted molar refractivity (Wildman–Crippen MR) is 81.5 cm³/mol. The number of nitrogens with one attached hydrogen (secondary N) is 1. The fraction of sp³-hybridized carbons (Fsp3) is 0.933. The zero-order chi connectivity index (χ0) is 15.8. The van der Waals surface area contributed by atoms with Crippen molar-refractivity contribution in [3.63, 3.8) is 0 Å². The summed E-state index contributed by atoms with van der Waals surface area (Å²) < 4.78 is 21.4. The average Bonchev–Trinajstić information content (AvgIpc) is 2.44. The van der Waals surface area contributed by atoms with Gasteiger partial charge in [-0.25, -0.2) is 0 Å². The minimum Gasteiger partial charge on any atom is -0.377 e. The highest BCUT2D eigenvalue weighted by atomic mass is 16.6. The van der Waals surface area contributed by atoms with E-state index in [1.54, 1.807) is 0 Å². The van der Waals surface area contributed by atoms with Gasteiger partial charge >= 0.3 is 0 Å². The maximum absolute atomic E-state index is 11.1. The molecule has 21 heavy (non-hydrogen) atoms. The Labute approximate surface area is 128 Å². The number of hydrogen-bond donors (Lipinski definition) is 1. The van der Waals surface area contributed by atoms with E-state index in [0.717, 1.165) is 6.42 Å². The van der Waals surface area contributed by atoms with Crippen molar-refractivity contribution in [2.75, 3.05) is 52.8 Å². The van der Waals surface area contributed by atoms with Gasteiger partial charge in [0.1, 0.15) is 0 Å². The second-order valence-electron chi connectivity index (χ2n) is 4.86. The van der Waals surface area contributed by atoms with E-state index in [9.17, 15) is 4.79 Å². The molecular formula is C15H31NO5. The smallest absolute Gasteiger partial charge is 0.220 e. The molecule has 0 aromatic carbocycles. The van der Waals surface area contributed by atoms with Crippen molar-refractivity contribution in [3.8, 4) is 0 Å². The maximum Gasteiger partial charge on any atom is 0.220 e. The first-order valence-corrected chi connectivity index (χ1v) is 7.78. The summed E-state index contributed by atoms with van der Waals surface area (Å²) in [6.45, 7) is 10.4. The number of rotatable bonds is 15. The van der Waals surface area contributed by atoms with Crippen LogP contribution in [0.25, 0.3) is 0 Å². The number of amides is 1. The van der Waals surface area contributed by atoms with Gasteiger partial charge in [-0.15, -0.1) is 0 Å². The van der Waals surface area contributed by atoms with E-state index in [0.29, 0.717) is 59.2 Å². The van der Waals surface area contributed by atoms with E-state index in [4.69, 9.17) is 18.9 Å². The molecule has 126 valence electrons. The maximum atomic E-state index is 11.1. The molecule has 0 aliphatic heterocycles. The first kappa shape index (κ1) is 20.3. The van der Waals surface area contributed by atoms with Crippen LogP contribution in [-0.2, 0) is 23.7 Å². The molecule has 6 nitrogen and oxygen atoms in total. The highest BCUT2D eigenvalue weighted by Gasteiger charge is 1.97. The van der Waals surface area contributed by atoms with Crippen molar-refractivity contribution in [3.05, 3.63) is 0 Å². The molecule has 1 N–H and O–H groups in total. The summed E-state index contributed by atoms with van der Waals surface area (Å²) in [6, 6.07) is 0. The average molecular weight is 305 g/mol. The molecular weight excluding hydrogens is 274 g/mol. The van der Waals surface area contributed by atoms with Crippen LogP contribution in [0, 0.1) is 0 Å². The Kier molecular flexibility index (Phi) is 15.2. The minimum absolute atomic E-state index is 0.0796. The van der Waals surface area contributed by atoms with E-state index in [2.05, 4.69) is 5.32 Å². The van der Waals surface area contributed by atoms with Gasteiger partial charge in [0.15, 0.2) is 0 Å². The summed E-state index contributed by atoms with van der Waals surface area (Å²) in [5.74, 6) is 0.0796. The van der Waals surface area contributed by atoms with Crippen molar-refractivity contribution in [1.29, 1.82) is 0 Å². The number of carbonyl (C=O) groups excluding carboxylic acids is 1. The van der Waals surface area contributed by atoms with Crippen molar-refractivity contribution in [1.82, 2.24) is 5.32 Å². The lowest BCUT2D eigenvalue weighted by Crippen LogP contribution is -2.27.